The van der Waals surface area contributed by atoms with Gasteiger partial charge in [-0.1, -0.05) is 6.07 Å². The molecule has 0 bridgehead atoms. The minimum absolute atomic E-state index is 0.0140. The third-order valence-corrected chi connectivity index (χ3v) is 1.71. The molecule has 0 aliphatic heterocycles. The van der Waals surface area contributed by atoms with Crippen LogP contribution in [0.5, 0.6) is 0 Å². The second kappa shape index (κ2) is 3.98. The highest BCUT2D eigenvalue weighted by Gasteiger charge is 2.07. The summed E-state index contributed by atoms with van der Waals surface area (Å²) in [6.45, 7) is 1.77. The fourth-order valence-corrected chi connectivity index (χ4v) is 0.932. The predicted molar refractivity (Wildman–Crippen MR) is 44.7 cm³/mol. The molecule has 0 saturated heterocycles. The SMILES string of the molecule is COC(=O)Cc1nc(F)ccc1C. The molecule has 0 aliphatic carbocycles. The van der Waals surface area contributed by atoms with Crippen molar-refractivity contribution in [2.45, 2.75) is 13.3 Å². The molecule has 0 radical (unpaired) electrons. The number of rotatable bonds is 2. The highest BCUT2D eigenvalue weighted by molar-refractivity contribution is 5.72. The number of hydrogen-bond donors (Lipinski definition) is 0. The number of aryl methyl sites for hydroxylation is 1. The number of halogens is 1. The van der Waals surface area contributed by atoms with E-state index in [1.807, 2.05) is 0 Å². The topological polar surface area (TPSA) is 39.2 Å². The minimum atomic E-state index is -0.579. The third kappa shape index (κ3) is 2.50. The van der Waals surface area contributed by atoms with E-state index in [0.29, 0.717) is 5.69 Å². The van der Waals surface area contributed by atoms with Gasteiger partial charge in [0.15, 0.2) is 0 Å². The van der Waals surface area contributed by atoms with E-state index in [1.54, 1.807) is 13.0 Å². The van der Waals surface area contributed by atoms with E-state index in [0.717, 1.165) is 5.56 Å². The number of carbonyl (C=O) groups is 1. The van der Waals surface area contributed by atoms with Crippen LogP contribution >= 0.6 is 0 Å². The van der Waals surface area contributed by atoms with E-state index in [2.05, 4.69) is 9.72 Å². The van der Waals surface area contributed by atoms with Crippen LogP contribution in [0.2, 0.25) is 0 Å². The average molecular weight is 183 g/mol. The average Bonchev–Trinajstić information content (AvgIpc) is 2.11. The van der Waals surface area contributed by atoms with E-state index in [4.69, 9.17) is 0 Å². The van der Waals surface area contributed by atoms with Crippen molar-refractivity contribution in [3.63, 3.8) is 0 Å². The first-order chi connectivity index (χ1) is 6.13. The van der Waals surface area contributed by atoms with Gasteiger partial charge in [-0.05, 0) is 18.6 Å². The Bertz CT molecular complexity index is 325. The largest absolute Gasteiger partial charge is 0.469 e. The lowest BCUT2D eigenvalue weighted by atomic mass is 10.2. The van der Waals surface area contributed by atoms with E-state index in [9.17, 15) is 9.18 Å². The molecule has 0 unspecified atom stereocenters. The first-order valence-corrected chi connectivity index (χ1v) is 3.82. The van der Waals surface area contributed by atoms with Gasteiger partial charge >= 0.3 is 5.97 Å². The number of nitrogens with zero attached hydrogens (tertiary/aromatic N) is 1. The van der Waals surface area contributed by atoms with Gasteiger partial charge in [0.25, 0.3) is 0 Å². The summed E-state index contributed by atoms with van der Waals surface area (Å²) in [7, 11) is 1.29. The van der Waals surface area contributed by atoms with Gasteiger partial charge in [-0.2, -0.15) is 4.39 Å². The van der Waals surface area contributed by atoms with Crippen LogP contribution in [-0.4, -0.2) is 18.1 Å². The minimum Gasteiger partial charge on any atom is -0.469 e. The predicted octanol–water partition coefficient (Wildman–Crippen LogP) is 1.24. The Morgan fingerprint density at radius 2 is 2.31 bits per heavy atom. The lowest BCUT2D eigenvalue weighted by Gasteiger charge is -2.02. The number of ether oxygens (including phenoxy) is 1. The summed E-state index contributed by atoms with van der Waals surface area (Å²) in [4.78, 5) is 14.5. The first-order valence-electron chi connectivity index (χ1n) is 3.82. The molecule has 1 aromatic rings. The van der Waals surface area contributed by atoms with Gasteiger partial charge in [-0.25, -0.2) is 4.98 Å². The molecular weight excluding hydrogens is 173 g/mol. The molecule has 0 atom stereocenters. The van der Waals surface area contributed by atoms with E-state index < -0.39 is 11.9 Å². The number of esters is 1. The third-order valence-electron chi connectivity index (χ3n) is 1.71. The van der Waals surface area contributed by atoms with Crippen molar-refractivity contribution in [3.8, 4) is 0 Å². The fourth-order valence-electron chi connectivity index (χ4n) is 0.932. The van der Waals surface area contributed by atoms with Crippen LogP contribution in [0.3, 0.4) is 0 Å². The zero-order chi connectivity index (χ0) is 9.84. The molecule has 0 aromatic carbocycles. The molecule has 3 nitrogen and oxygen atoms in total. The lowest BCUT2D eigenvalue weighted by molar-refractivity contribution is -0.139. The molecule has 1 heterocycles. The van der Waals surface area contributed by atoms with E-state index in [1.165, 1.54) is 13.2 Å². The van der Waals surface area contributed by atoms with E-state index in [-0.39, 0.29) is 6.42 Å². The summed E-state index contributed by atoms with van der Waals surface area (Å²) in [5, 5.41) is 0. The van der Waals surface area contributed by atoms with Crippen molar-refractivity contribution in [3.05, 3.63) is 29.3 Å². The first kappa shape index (κ1) is 9.64. The highest BCUT2D eigenvalue weighted by Crippen LogP contribution is 2.06. The molecule has 0 amide bonds. The maximum absolute atomic E-state index is 12.6. The van der Waals surface area contributed by atoms with Gasteiger partial charge in [0.2, 0.25) is 5.95 Å². The smallest absolute Gasteiger partial charge is 0.311 e. The van der Waals surface area contributed by atoms with Gasteiger partial charge in [0.1, 0.15) is 0 Å². The van der Waals surface area contributed by atoms with Crippen molar-refractivity contribution >= 4 is 5.97 Å². The number of hydrogen-bond acceptors (Lipinski definition) is 3. The van der Waals surface area contributed by atoms with Gasteiger partial charge in [-0.3, -0.25) is 4.79 Å². The zero-order valence-electron chi connectivity index (χ0n) is 7.50. The summed E-state index contributed by atoms with van der Waals surface area (Å²) in [5.74, 6) is -0.995. The fraction of sp³-hybridized carbons (Fsp3) is 0.333. The van der Waals surface area contributed by atoms with Crippen LogP contribution in [0, 0.1) is 12.9 Å². The van der Waals surface area contributed by atoms with Crippen LogP contribution < -0.4 is 0 Å². The van der Waals surface area contributed by atoms with Crippen molar-refractivity contribution < 1.29 is 13.9 Å². The van der Waals surface area contributed by atoms with Crippen LogP contribution in [0.1, 0.15) is 11.3 Å². The Kier molecular flexibility index (Phi) is 2.95. The molecule has 0 spiro atoms. The normalized spacial score (nSPS) is 9.77. The highest BCUT2D eigenvalue weighted by atomic mass is 19.1. The van der Waals surface area contributed by atoms with Gasteiger partial charge in [0.05, 0.1) is 19.2 Å². The molecule has 4 heteroatoms. The number of pyridine rings is 1. The monoisotopic (exact) mass is 183 g/mol. The van der Waals surface area contributed by atoms with Crippen molar-refractivity contribution in [1.29, 1.82) is 0 Å². The van der Waals surface area contributed by atoms with Gasteiger partial charge < -0.3 is 4.74 Å². The van der Waals surface area contributed by atoms with E-state index >= 15 is 0 Å². The van der Waals surface area contributed by atoms with Crippen LogP contribution in [0.25, 0.3) is 0 Å². The zero-order valence-corrected chi connectivity index (χ0v) is 7.50. The van der Waals surface area contributed by atoms with Gasteiger partial charge in [0, 0.05) is 0 Å². The summed E-state index contributed by atoms with van der Waals surface area (Å²) >= 11 is 0. The summed E-state index contributed by atoms with van der Waals surface area (Å²) in [6, 6.07) is 2.84. The molecular formula is C9H10FNO2. The van der Waals surface area contributed by atoms with Crippen molar-refractivity contribution in [2.75, 3.05) is 7.11 Å². The molecule has 0 saturated carbocycles. The standard InChI is InChI=1S/C9H10FNO2/c1-6-3-4-8(10)11-7(6)5-9(12)13-2/h3-4H,5H2,1-2H3. The van der Waals surface area contributed by atoms with Gasteiger partial charge in [-0.15, -0.1) is 0 Å². The molecule has 0 fully saturated rings. The Morgan fingerprint density at radius 1 is 1.62 bits per heavy atom. The lowest BCUT2D eigenvalue weighted by Crippen LogP contribution is -2.08. The Labute approximate surface area is 75.6 Å². The van der Waals surface area contributed by atoms with Crippen molar-refractivity contribution in [2.24, 2.45) is 0 Å². The number of aromatic nitrogens is 1. The van der Waals surface area contributed by atoms with Crippen molar-refractivity contribution in [1.82, 2.24) is 4.98 Å². The molecule has 1 aromatic heterocycles. The van der Waals surface area contributed by atoms with Crippen LogP contribution in [-0.2, 0) is 16.0 Å². The maximum Gasteiger partial charge on any atom is 0.311 e. The quantitative estimate of drug-likeness (QED) is 0.511. The summed E-state index contributed by atoms with van der Waals surface area (Å²) < 4.78 is 17.1. The molecule has 13 heavy (non-hydrogen) atoms. The Balaban J connectivity index is 2.87. The Morgan fingerprint density at radius 3 is 2.92 bits per heavy atom. The number of carbonyl (C=O) groups excluding carboxylic acids is 1. The summed E-state index contributed by atoms with van der Waals surface area (Å²) in [6.07, 6.45) is 0.0140. The second-order valence-electron chi connectivity index (χ2n) is 2.65. The summed E-state index contributed by atoms with van der Waals surface area (Å²) in [5.41, 5.74) is 1.21. The van der Waals surface area contributed by atoms with Crippen LogP contribution in [0.4, 0.5) is 4.39 Å². The molecule has 0 N–H and O–H groups in total. The molecule has 0 aliphatic rings. The second-order valence-corrected chi connectivity index (χ2v) is 2.65. The number of methoxy groups -OCH3 is 1. The molecule has 1 rings (SSSR count). The van der Waals surface area contributed by atoms with Crippen LogP contribution in [0.15, 0.2) is 12.1 Å². The maximum atomic E-state index is 12.6. The Hall–Kier alpha value is -1.45. The molecule has 70 valence electrons.